The minimum atomic E-state index is -0.0190. The lowest BCUT2D eigenvalue weighted by molar-refractivity contribution is -0.132. The van der Waals surface area contributed by atoms with E-state index in [9.17, 15) is 4.79 Å². The summed E-state index contributed by atoms with van der Waals surface area (Å²) >= 11 is 11.9. The molecular weight excluding hydrogens is 333 g/mol. The fraction of sp³-hybridized carbons (Fsp3) is 0.278. The van der Waals surface area contributed by atoms with Gasteiger partial charge in [-0.15, -0.1) is 0 Å². The zero-order valence-electron chi connectivity index (χ0n) is 12.5. The van der Waals surface area contributed by atoms with E-state index in [-0.39, 0.29) is 12.5 Å². The summed E-state index contributed by atoms with van der Waals surface area (Å²) in [6.45, 7) is 1.49. The van der Waals surface area contributed by atoms with E-state index in [1.807, 2.05) is 23.1 Å². The van der Waals surface area contributed by atoms with Gasteiger partial charge in [0.1, 0.15) is 5.75 Å². The van der Waals surface area contributed by atoms with Gasteiger partial charge < -0.3 is 9.64 Å². The molecular formula is C18H17Cl2NO2. The number of halogens is 2. The minimum Gasteiger partial charge on any atom is -0.482 e. The Labute approximate surface area is 145 Å². The van der Waals surface area contributed by atoms with Gasteiger partial charge in [-0.1, -0.05) is 53.5 Å². The third-order valence-electron chi connectivity index (χ3n) is 4.06. The maximum atomic E-state index is 12.3. The molecule has 1 saturated heterocycles. The molecule has 5 heteroatoms. The van der Waals surface area contributed by atoms with Crippen molar-refractivity contribution < 1.29 is 9.53 Å². The van der Waals surface area contributed by atoms with Crippen LogP contribution in [0, 0.1) is 0 Å². The Morgan fingerprint density at radius 3 is 2.70 bits per heavy atom. The summed E-state index contributed by atoms with van der Waals surface area (Å²) in [5.41, 5.74) is 1.28. The van der Waals surface area contributed by atoms with Crippen molar-refractivity contribution in [3.05, 3.63) is 64.1 Å². The number of ether oxygens (including phenoxy) is 1. The smallest absolute Gasteiger partial charge is 0.260 e. The van der Waals surface area contributed by atoms with Crippen molar-refractivity contribution in [3.63, 3.8) is 0 Å². The van der Waals surface area contributed by atoms with E-state index in [0.717, 1.165) is 19.5 Å². The molecule has 2 aromatic rings. The highest BCUT2D eigenvalue weighted by Crippen LogP contribution is 2.29. The van der Waals surface area contributed by atoms with Gasteiger partial charge in [-0.3, -0.25) is 4.79 Å². The molecule has 23 heavy (non-hydrogen) atoms. The third kappa shape index (κ3) is 3.98. The first-order chi connectivity index (χ1) is 11.1. The van der Waals surface area contributed by atoms with Gasteiger partial charge in [0.25, 0.3) is 5.91 Å². The molecule has 0 radical (unpaired) electrons. The van der Waals surface area contributed by atoms with E-state index in [2.05, 4.69) is 12.1 Å². The van der Waals surface area contributed by atoms with Crippen molar-refractivity contribution >= 4 is 29.1 Å². The van der Waals surface area contributed by atoms with Gasteiger partial charge >= 0.3 is 0 Å². The predicted molar refractivity (Wildman–Crippen MR) is 92.3 cm³/mol. The molecule has 1 amide bonds. The second-order valence-corrected chi connectivity index (χ2v) is 6.44. The highest BCUT2D eigenvalue weighted by molar-refractivity contribution is 6.35. The largest absolute Gasteiger partial charge is 0.482 e. The SMILES string of the molecule is O=C(COc1ccc(Cl)cc1Cl)N1CC[C@H](c2ccccc2)C1. The monoisotopic (exact) mass is 349 g/mol. The molecule has 1 heterocycles. The maximum absolute atomic E-state index is 12.3. The van der Waals surface area contributed by atoms with Crippen LogP contribution in [0.5, 0.6) is 5.75 Å². The van der Waals surface area contributed by atoms with Crippen molar-refractivity contribution in [1.82, 2.24) is 4.90 Å². The molecule has 1 atom stereocenters. The molecule has 0 bridgehead atoms. The molecule has 0 spiro atoms. The van der Waals surface area contributed by atoms with Crippen LogP contribution in [0.2, 0.25) is 10.0 Å². The minimum absolute atomic E-state index is 0.0110. The number of carbonyl (C=O) groups is 1. The lowest BCUT2D eigenvalue weighted by Gasteiger charge is -2.17. The van der Waals surface area contributed by atoms with Crippen molar-refractivity contribution in [1.29, 1.82) is 0 Å². The zero-order valence-corrected chi connectivity index (χ0v) is 14.1. The molecule has 2 aromatic carbocycles. The maximum Gasteiger partial charge on any atom is 0.260 e. The number of nitrogens with zero attached hydrogens (tertiary/aromatic N) is 1. The highest BCUT2D eigenvalue weighted by atomic mass is 35.5. The Morgan fingerprint density at radius 1 is 1.17 bits per heavy atom. The fourth-order valence-corrected chi connectivity index (χ4v) is 3.27. The van der Waals surface area contributed by atoms with E-state index >= 15 is 0 Å². The van der Waals surface area contributed by atoms with Crippen molar-refractivity contribution in [2.24, 2.45) is 0 Å². The van der Waals surface area contributed by atoms with Crippen LogP contribution < -0.4 is 4.74 Å². The lowest BCUT2D eigenvalue weighted by Crippen LogP contribution is -2.32. The van der Waals surface area contributed by atoms with Gasteiger partial charge in [0.2, 0.25) is 0 Å². The van der Waals surface area contributed by atoms with Gasteiger partial charge in [0.05, 0.1) is 5.02 Å². The molecule has 0 saturated carbocycles. The number of rotatable bonds is 4. The van der Waals surface area contributed by atoms with Crippen molar-refractivity contribution in [2.75, 3.05) is 19.7 Å². The number of hydrogen-bond acceptors (Lipinski definition) is 2. The second-order valence-electron chi connectivity index (χ2n) is 5.60. The van der Waals surface area contributed by atoms with Gasteiger partial charge in [-0.2, -0.15) is 0 Å². The van der Waals surface area contributed by atoms with Crippen LogP contribution >= 0.6 is 23.2 Å². The summed E-state index contributed by atoms with van der Waals surface area (Å²) in [5.74, 6) is 0.858. The van der Waals surface area contributed by atoms with Crippen LogP contribution in [0.1, 0.15) is 17.9 Å². The molecule has 0 unspecified atom stereocenters. The zero-order chi connectivity index (χ0) is 16.2. The quantitative estimate of drug-likeness (QED) is 0.819. The topological polar surface area (TPSA) is 29.5 Å². The van der Waals surface area contributed by atoms with Crippen LogP contribution in [0.25, 0.3) is 0 Å². The number of carbonyl (C=O) groups excluding carboxylic acids is 1. The van der Waals surface area contributed by atoms with E-state index < -0.39 is 0 Å². The molecule has 3 nitrogen and oxygen atoms in total. The molecule has 1 aliphatic heterocycles. The molecule has 0 aliphatic carbocycles. The summed E-state index contributed by atoms with van der Waals surface area (Å²) in [5, 5.41) is 0.952. The first-order valence-electron chi connectivity index (χ1n) is 7.54. The van der Waals surface area contributed by atoms with E-state index in [4.69, 9.17) is 27.9 Å². The Hall–Kier alpha value is -1.71. The fourth-order valence-electron chi connectivity index (χ4n) is 2.81. The summed E-state index contributed by atoms with van der Waals surface area (Å²) in [7, 11) is 0. The Bertz CT molecular complexity index is 691. The summed E-state index contributed by atoms with van der Waals surface area (Å²) in [6.07, 6.45) is 0.984. The molecule has 1 fully saturated rings. The number of amides is 1. The number of hydrogen-bond donors (Lipinski definition) is 0. The first kappa shape index (κ1) is 16.2. The number of benzene rings is 2. The van der Waals surface area contributed by atoms with Crippen LogP contribution in [0.3, 0.4) is 0 Å². The third-order valence-corrected chi connectivity index (χ3v) is 4.59. The molecule has 3 rings (SSSR count). The highest BCUT2D eigenvalue weighted by Gasteiger charge is 2.27. The standard InChI is InChI=1S/C18H17Cl2NO2/c19-15-6-7-17(16(20)10-15)23-12-18(22)21-9-8-14(11-21)13-4-2-1-3-5-13/h1-7,10,14H,8-9,11-12H2/t14-/m0/s1. The normalized spacial score (nSPS) is 17.3. The van der Waals surface area contributed by atoms with Crippen LogP contribution in [0.4, 0.5) is 0 Å². The molecule has 0 aromatic heterocycles. The molecule has 0 N–H and O–H groups in total. The Morgan fingerprint density at radius 2 is 1.96 bits per heavy atom. The lowest BCUT2D eigenvalue weighted by atomic mass is 9.99. The Balaban J connectivity index is 1.55. The van der Waals surface area contributed by atoms with Crippen LogP contribution in [-0.2, 0) is 4.79 Å². The van der Waals surface area contributed by atoms with Crippen LogP contribution in [-0.4, -0.2) is 30.5 Å². The van der Waals surface area contributed by atoms with Gasteiger partial charge in [0.15, 0.2) is 6.61 Å². The van der Waals surface area contributed by atoms with Crippen LogP contribution in [0.15, 0.2) is 48.5 Å². The van der Waals surface area contributed by atoms with Crippen molar-refractivity contribution in [3.8, 4) is 5.75 Å². The van der Waals surface area contributed by atoms with Crippen molar-refractivity contribution in [2.45, 2.75) is 12.3 Å². The summed E-state index contributed by atoms with van der Waals surface area (Å²) < 4.78 is 5.53. The van der Waals surface area contributed by atoms with E-state index in [1.165, 1.54) is 5.56 Å². The summed E-state index contributed by atoms with van der Waals surface area (Å²) in [6, 6.07) is 15.3. The first-order valence-corrected chi connectivity index (χ1v) is 8.29. The summed E-state index contributed by atoms with van der Waals surface area (Å²) in [4.78, 5) is 14.2. The predicted octanol–water partition coefficient (Wildman–Crippen LogP) is 4.39. The molecule has 120 valence electrons. The van der Waals surface area contributed by atoms with E-state index in [0.29, 0.717) is 21.7 Å². The Kier molecular flexibility index (Phi) is 5.09. The second kappa shape index (κ2) is 7.24. The van der Waals surface area contributed by atoms with Gasteiger partial charge in [-0.05, 0) is 30.2 Å². The number of likely N-dealkylation sites (tertiary alicyclic amines) is 1. The van der Waals surface area contributed by atoms with Gasteiger partial charge in [-0.25, -0.2) is 0 Å². The van der Waals surface area contributed by atoms with E-state index in [1.54, 1.807) is 18.2 Å². The molecule has 1 aliphatic rings. The average Bonchev–Trinajstić information content (AvgIpc) is 3.05. The van der Waals surface area contributed by atoms with Gasteiger partial charge in [0, 0.05) is 24.0 Å². The average molecular weight is 350 g/mol.